The van der Waals surface area contributed by atoms with Crippen LogP contribution in [-0.4, -0.2) is 22.5 Å². The van der Waals surface area contributed by atoms with Gasteiger partial charge in [-0.2, -0.15) is 0 Å². The van der Waals surface area contributed by atoms with Gasteiger partial charge < -0.3 is 16.0 Å². The van der Waals surface area contributed by atoms with Crippen LogP contribution in [0, 0.1) is 5.92 Å². The minimum atomic E-state index is -0.305. The first-order chi connectivity index (χ1) is 10.1. The summed E-state index contributed by atoms with van der Waals surface area (Å²) in [5.41, 5.74) is 0.870. The molecule has 0 atom stereocenters. The lowest BCUT2D eigenvalue weighted by Crippen LogP contribution is -2.40. The second-order valence-corrected chi connectivity index (χ2v) is 6.79. The number of nitrogens with one attached hydrogen (secondary N) is 3. The zero-order valence-electron chi connectivity index (χ0n) is 13.6. The Kier molecular flexibility index (Phi) is 6.05. The number of amides is 2. The summed E-state index contributed by atoms with van der Waals surface area (Å²) in [6, 6.07) is 6.95. The van der Waals surface area contributed by atoms with Crippen molar-refractivity contribution in [3.8, 4) is 0 Å². The molecule has 0 saturated heterocycles. The van der Waals surface area contributed by atoms with Crippen molar-refractivity contribution in [3.05, 3.63) is 29.8 Å². The molecule has 0 radical (unpaired) electrons. The summed E-state index contributed by atoms with van der Waals surface area (Å²) >= 11 is 5.08. The number of carbonyl (C=O) groups is 2. The second-order valence-electron chi connectivity index (χ2n) is 6.38. The third kappa shape index (κ3) is 6.22. The van der Waals surface area contributed by atoms with E-state index in [1.54, 1.807) is 38.1 Å². The third-order valence-electron chi connectivity index (χ3n) is 2.63. The molecule has 0 saturated carbocycles. The Labute approximate surface area is 136 Å². The lowest BCUT2D eigenvalue weighted by atomic mass is 10.1. The molecule has 6 heteroatoms. The lowest BCUT2D eigenvalue weighted by Gasteiger charge is -2.20. The molecular weight excluding hydrogens is 298 g/mol. The number of anilines is 1. The highest BCUT2D eigenvalue weighted by Crippen LogP contribution is 2.12. The van der Waals surface area contributed by atoms with Crippen molar-refractivity contribution in [2.75, 3.05) is 5.32 Å². The fraction of sp³-hybridized carbons (Fsp3) is 0.438. The monoisotopic (exact) mass is 321 g/mol. The van der Waals surface area contributed by atoms with Crippen molar-refractivity contribution in [1.29, 1.82) is 0 Å². The Morgan fingerprint density at radius 2 is 1.82 bits per heavy atom. The Morgan fingerprint density at radius 3 is 2.36 bits per heavy atom. The van der Waals surface area contributed by atoms with Crippen LogP contribution in [0.15, 0.2) is 24.3 Å². The molecule has 0 aliphatic heterocycles. The van der Waals surface area contributed by atoms with E-state index in [2.05, 4.69) is 16.0 Å². The molecule has 0 heterocycles. The van der Waals surface area contributed by atoms with Gasteiger partial charge in [0.2, 0.25) is 5.91 Å². The summed E-state index contributed by atoms with van der Waals surface area (Å²) < 4.78 is 0. The van der Waals surface area contributed by atoms with Crippen LogP contribution in [0.3, 0.4) is 0 Å². The van der Waals surface area contributed by atoms with Gasteiger partial charge in [-0.3, -0.25) is 9.59 Å². The zero-order valence-corrected chi connectivity index (χ0v) is 14.4. The average Bonchev–Trinajstić information content (AvgIpc) is 2.36. The van der Waals surface area contributed by atoms with Crippen LogP contribution in [-0.2, 0) is 4.79 Å². The summed E-state index contributed by atoms with van der Waals surface area (Å²) in [7, 11) is 0. The Hall–Kier alpha value is -1.95. The molecule has 3 N–H and O–H groups in total. The predicted molar refractivity (Wildman–Crippen MR) is 92.9 cm³/mol. The minimum absolute atomic E-state index is 0.149. The van der Waals surface area contributed by atoms with Crippen LogP contribution in [0.1, 0.15) is 45.0 Å². The van der Waals surface area contributed by atoms with Gasteiger partial charge in [-0.1, -0.05) is 19.9 Å². The van der Waals surface area contributed by atoms with E-state index in [1.165, 1.54) is 0 Å². The first-order valence-corrected chi connectivity index (χ1v) is 7.54. The maximum Gasteiger partial charge on any atom is 0.251 e. The van der Waals surface area contributed by atoms with Crippen LogP contribution in [0.25, 0.3) is 0 Å². The third-order valence-corrected chi connectivity index (χ3v) is 2.84. The molecule has 0 aliphatic carbocycles. The highest BCUT2D eigenvalue weighted by molar-refractivity contribution is 7.80. The molecule has 1 aromatic rings. The van der Waals surface area contributed by atoms with Crippen LogP contribution in [0.4, 0.5) is 5.69 Å². The van der Waals surface area contributed by atoms with Gasteiger partial charge in [-0.05, 0) is 51.2 Å². The highest BCUT2D eigenvalue weighted by atomic mass is 32.1. The molecule has 0 spiro atoms. The van der Waals surface area contributed by atoms with Crippen LogP contribution >= 0.6 is 12.2 Å². The van der Waals surface area contributed by atoms with Crippen molar-refractivity contribution in [2.24, 2.45) is 5.92 Å². The van der Waals surface area contributed by atoms with Gasteiger partial charge in [0, 0.05) is 22.7 Å². The van der Waals surface area contributed by atoms with Gasteiger partial charge in [0.05, 0.1) is 0 Å². The normalized spacial score (nSPS) is 11.0. The number of hydrogen-bond acceptors (Lipinski definition) is 3. The fourth-order valence-corrected chi connectivity index (χ4v) is 1.79. The van der Waals surface area contributed by atoms with E-state index in [0.717, 1.165) is 0 Å². The van der Waals surface area contributed by atoms with Crippen molar-refractivity contribution >= 4 is 34.8 Å². The van der Waals surface area contributed by atoms with Gasteiger partial charge in [-0.15, -0.1) is 0 Å². The molecule has 22 heavy (non-hydrogen) atoms. The minimum Gasteiger partial charge on any atom is -0.347 e. The average molecular weight is 321 g/mol. The standard InChI is InChI=1S/C16H23N3O2S/c1-10(2)13(20)18-15(22)17-12-8-6-7-11(9-12)14(21)19-16(3,4)5/h6-10H,1-5H3,(H,19,21)(H2,17,18,20,22). The first kappa shape index (κ1) is 18.1. The van der Waals surface area contributed by atoms with E-state index in [1.807, 2.05) is 20.8 Å². The number of rotatable bonds is 3. The molecule has 0 aromatic heterocycles. The number of thiocarbonyl (C=S) groups is 1. The summed E-state index contributed by atoms with van der Waals surface area (Å²) in [6.07, 6.45) is 0. The molecule has 2 amide bonds. The van der Waals surface area contributed by atoms with Crippen LogP contribution in [0.5, 0.6) is 0 Å². The lowest BCUT2D eigenvalue weighted by molar-refractivity contribution is -0.122. The molecule has 0 fully saturated rings. The Balaban J connectivity index is 2.74. The first-order valence-electron chi connectivity index (χ1n) is 7.13. The second kappa shape index (κ2) is 7.35. The zero-order chi connectivity index (χ0) is 16.9. The van der Waals surface area contributed by atoms with E-state index in [0.29, 0.717) is 11.3 Å². The Bertz CT molecular complexity index is 577. The largest absolute Gasteiger partial charge is 0.347 e. The fourth-order valence-electron chi connectivity index (χ4n) is 1.57. The topological polar surface area (TPSA) is 70.2 Å². The molecule has 0 aliphatic rings. The van der Waals surface area contributed by atoms with Crippen molar-refractivity contribution < 1.29 is 9.59 Å². The van der Waals surface area contributed by atoms with Crippen LogP contribution in [0.2, 0.25) is 0 Å². The molecular formula is C16H23N3O2S. The molecule has 0 bridgehead atoms. The molecule has 5 nitrogen and oxygen atoms in total. The predicted octanol–water partition coefficient (Wildman–Crippen LogP) is 2.68. The SMILES string of the molecule is CC(C)C(=O)NC(=S)Nc1cccc(C(=O)NC(C)(C)C)c1. The maximum absolute atomic E-state index is 12.1. The van der Waals surface area contributed by atoms with E-state index >= 15 is 0 Å². The van der Waals surface area contributed by atoms with Crippen molar-refractivity contribution in [1.82, 2.24) is 10.6 Å². The van der Waals surface area contributed by atoms with Crippen molar-refractivity contribution in [2.45, 2.75) is 40.2 Å². The Morgan fingerprint density at radius 1 is 1.18 bits per heavy atom. The summed E-state index contributed by atoms with van der Waals surface area (Å²) in [5.74, 6) is -0.462. The van der Waals surface area contributed by atoms with Gasteiger partial charge >= 0.3 is 0 Å². The number of carbonyl (C=O) groups excluding carboxylic acids is 2. The molecule has 0 unspecified atom stereocenters. The quantitative estimate of drug-likeness (QED) is 0.749. The summed E-state index contributed by atoms with van der Waals surface area (Å²) in [4.78, 5) is 23.7. The van der Waals surface area contributed by atoms with E-state index in [4.69, 9.17) is 12.2 Å². The van der Waals surface area contributed by atoms with Gasteiger partial charge in [-0.25, -0.2) is 0 Å². The summed E-state index contributed by atoms with van der Waals surface area (Å²) in [5, 5.41) is 8.61. The number of hydrogen-bond donors (Lipinski definition) is 3. The van der Waals surface area contributed by atoms with E-state index in [9.17, 15) is 9.59 Å². The van der Waals surface area contributed by atoms with E-state index in [-0.39, 0.29) is 28.4 Å². The molecule has 1 rings (SSSR count). The van der Waals surface area contributed by atoms with Crippen molar-refractivity contribution in [3.63, 3.8) is 0 Å². The van der Waals surface area contributed by atoms with Gasteiger partial charge in [0.1, 0.15) is 0 Å². The maximum atomic E-state index is 12.1. The highest BCUT2D eigenvalue weighted by Gasteiger charge is 2.15. The van der Waals surface area contributed by atoms with Gasteiger partial charge in [0.15, 0.2) is 5.11 Å². The molecule has 120 valence electrons. The number of benzene rings is 1. The van der Waals surface area contributed by atoms with Gasteiger partial charge in [0.25, 0.3) is 5.91 Å². The van der Waals surface area contributed by atoms with E-state index < -0.39 is 0 Å². The van der Waals surface area contributed by atoms with Crippen LogP contribution < -0.4 is 16.0 Å². The molecule has 1 aromatic carbocycles. The summed E-state index contributed by atoms with van der Waals surface area (Å²) in [6.45, 7) is 9.33. The smallest absolute Gasteiger partial charge is 0.251 e.